The Balaban J connectivity index is 1.97. The molecule has 0 atom stereocenters. The molecular formula is C17H13N3O. The summed E-state index contributed by atoms with van der Waals surface area (Å²) in [6.07, 6.45) is 0. The van der Waals surface area contributed by atoms with Crippen LogP contribution in [0.1, 0.15) is 5.69 Å². The second-order valence-corrected chi connectivity index (χ2v) is 4.91. The third-order valence-corrected chi connectivity index (χ3v) is 3.53. The average molecular weight is 275 g/mol. The van der Waals surface area contributed by atoms with Gasteiger partial charge in [0, 0.05) is 5.56 Å². The summed E-state index contributed by atoms with van der Waals surface area (Å²) < 4.78 is 7.36. The van der Waals surface area contributed by atoms with Gasteiger partial charge in [-0.25, -0.2) is 0 Å². The highest BCUT2D eigenvalue weighted by Gasteiger charge is 2.19. The van der Waals surface area contributed by atoms with E-state index in [4.69, 9.17) is 4.52 Å². The van der Waals surface area contributed by atoms with Crippen LogP contribution in [-0.4, -0.2) is 14.9 Å². The Hall–Kier alpha value is -2.88. The first kappa shape index (κ1) is 11.9. The van der Waals surface area contributed by atoms with Crippen molar-refractivity contribution in [2.24, 2.45) is 0 Å². The van der Waals surface area contributed by atoms with Gasteiger partial charge in [-0.05, 0) is 19.1 Å². The van der Waals surface area contributed by atoms with E-state index in [2.05, 4.69) is 10.3 Å². The van der Waals surface area contributed by atoms with E-state index < -0.39 is 0 Å². The molecule has 0 amide bonds. The van der Waals surface area contributed by atoms with E-state index >= 15 is 0 Å². The summed E-state index contributed by atoms with van der Waals surface area (Å²) in [5.74, 6) is 0. The second-order valence-electron chi connectivity index (χ2n) is 4.91. The first-order valence-corrected chi connectivity index (χ1v) is 6.80. The fourth-order valence-electron chi connectivity index (χ4n) is 2.53. The van der Waals surface area contributed by atoms with Crippen molar-refractivity contribution in [2.75, 3.05) is 0 Å². The first-order chi connectivity index (χ1) is 10.3. The third-order valence-electron chi connectivity index (χ3n) is 3.53. The predicted octanol–water partition coefficient (Wildman–Crippen LogP) is 3.99. The monoisotopic (exact) mass is 275 g/mol. The molecule has 2 heterocycles. The number of benzene rings is 2. The van der Waals surface area contributed by atoms with Crippen LogP contribution < -0.4 is 0 Å². The van der Waals surface area contributed by atoms with Crippen LogP contribution in [0.15, 0.2) is 65.2 Å². The van der Waals surface area contributed by atoms with E-state index in [0.717, 1.165) is 28.0 Å². The Kier molecular flexibility index (Phi) is 2.60. The van der Waals surface area contributed by atoms with Crippen molar-refractivity contribution in [3.63, 3.8) is 0 Å². The summed E-state index contributed by atoms with van der Waals surface area (Å²) >= 11 is 0. The molecule has 102 valence electrons. The number of hydrogen-bond acceptors (Lipinski definition) is 3. The second kappa shape index (κ2) is 4.59. The van der Waals surface area contributed by atoms with Crippen molar-refractivity contribution in [2.45, 2.75) is 6.92 Å². The number of aromatic nitrogens is 3. The maximum atomic E-state index is 5.56. The van der Waals surface area contributed by atoms with Crippen LogP contribution in [0.5, 0.6) is 0 Å². The lowest BCUT2D eigenvalue weighted by Crippen LogP contribution is -1.95. The molecule has 0 saturated heterocycles. The Labute approximate surface area is 121 Å². The van der Waals surface area contributed by atoms with E-state index in [9.17, 15) is 0 Å². The molecule has 4 rings (SSSR count). The summed E-state index contributed by atoms with van der Waals surface area (Å²) in [4.78, 5) is 0. The van der Waals surface area contributed by atoms with Crippen molar-refractivity contribution < 1.29 is 4.52 Å². The lowest BCUT2D eigenvalue weighted by atomic mass is 10.1. The molecule has 4 nitrogen and oxygen atoms in total. The Morgan fingerprint density at radius 1 is 0.905 bits per heavy atom. The average Bonchev–Trinajstić information content (AvgIpc) is 3.11. The molecule has 0 radical (unpaired) electrons. The molecule has 0 spiro atoms. The third kappa shape index (κ3) is 1.84. The maximum Gasteiger partial charge on any atom is 0.261 e. The predicted molar refractivity (Wildman–Crippen MR) is 81.3 cm³/mol. The molecule has 0 aliphatic carbocycles. The highest BCUT2D eigenvalue weighted by Crippen LogP contribution is 2.31. The summed E-state index contributed by atoms with van der Waals surface area (Å²) in [7, 11) is 0. The summed E-state index contributed by atoms with van der Waals surface area (Å²) in [6, 6.07) is 20.0. The van der Waals surface area contributed by atoms with Gasteiger partial charge in [0.1, 0.15) is 5.69 Å². The Morgan fingerprint density at radius 2 is 1.57 bits per heavy atom. The van der Waals surface area contributed by atoms with Crippen molar-refractivity contribution in [1.29, 1.82) is 0 Å². The number of fused-ring (bicyclic) bond motifs is 1. The van der Waals surface area contributed by atoms with Crippen LogP contribution in [0.25, 0.3) is 28.0 Å². The van der Waals surface area contributed by atoms with Crippen molar-refractivity contribution >= 4 is 11.1 Å². The molecule has 4 heteroatoms. The van der Waals surface area contributed by atoms with Crippen LogP contribution >= 0.6 is 0 Å². The highest BCUT2D eigenvalue weighted by molar-refractivity contribution is 5.92. The van der Waals surface area contributed by atoms with Crippen LogP contribution in [0.2, 0.25) is 0 Å². The van der Waals surface area contributed by atoms with Gasteiger partial charge in [0.2, 0.25) is 0 Å². The lowest BCUT2D eigenvalue weighted by molar-refractivity contribution is 0.442. The van der Waals surface area contributed by atoms with Gasteiger partial charge in [-0.3, -0.25) is 0 Å². The number of para-hydroxylation sites is 1. The molecule has 2 aromatic carbocycles. The molecule has 0 bridgehead atoms. The van der Waals surface area contributed by atoms with Crippen molar-refractivity contribution in [3.8, 4) is 16.9 Å². The van der Waals surface area contributed by atoms with E-state index in [1.165, 1.54) is 0 Å². The van der Waals surface area contributed by atoms with Gasteiger partial charge in [-0.15, -0.1) is 0 Å². The van der Waals surface area contributed by atoms with Gasteiger partial charge >= 0.3 is 0 Å². The van der Waals surface area contributed by atoms with Gasteiger partial charge in [-0.1, -0.05) is 53.7 Å². The zero-order chi connectivity index (χ0) is 14.2. The topological polar surface area (TPSA) is 43.9 Å². The van der Waals surface area contributed by atoms with Gasteiger partial charge in [0.25, 0.3) is 5.71 Å². The minimum Gasteiger partial charge on any atom is -0.335 e. The van der Waals surface area contributed by atoms with Gasteiger partial charge < -0.3 is 4.52 Å². The smallest absolute Gasteiger partial charge is 0.261 e. The highest BCUT2D eigenvalue weighted by atomic mass is 16.5. The fraction of sp³-hybridized carbons (Fsp3) is 0.0588. The molecular weight excluding hydrogens is 262 g/mol. The SMILES string of the molecule is Cc1nn(-c2ccccc2)c2onc(-c3ccccc3)c12. The zero-order valence-electron chi connectivity index (χ0n) is 11.5. The van der Waals surface area contributed by atoms with Crippen LogP contribution in [0.3, 0.4) is 0 Å². The van der Waals surface area contributed by atoms with Gasteiger partial charge in [0.15, 0.2) is 0 Å². The minimum absolute atomic E-state index is 0.678. The number of hydrogen-bond donors (Lipinski definition) is 0. The summed E-state index contributed by atoms with van der Waals surface area (Å²) in [6.45, 7) is 1.98. The van der Waals surface area contributed by atoms with E-state index in [1.54, 1.807) is 4.68 Å². The van der Waals surface area contributed by atoms with Gasteiger partial charge in [-0.2, -0.15) is 9.78 Å². The number of aryl methyl sites for hydroxylation is 1. The molecule has 0 N–H and O–H groups in total. The van der Waals surface area contributed by atoms with Gasteiger partial charge in [0.05, 0.1) is 16.8 Å². The normalized spacial score (nSPS) is 11.1. The van der Waals surface area contributed by atoms with E-state index in [1.807, 2.05) is 67.6 Å². The quantitative estimate of drug-likeness (QED) is 0.555. The lowest BCUT2D eigenvalue weighted by Gasteiger charge is -1.98. The largest absolute Gasteiger partial charge is 0.335 e. The summed E-state index contributed by atoms with van der Waals surface area (Å²) in [5.41, 5.74) is 4.43. The molecule has 4 aromatic rings. The van der Waals surface area contributed by atoms with Crippen LogP contribution in [0.4, 0.5) is 0 Å². The molecule has 0 saturated carbocycles. The zero-order valence-corrected chi connectivity index (χ0v) is 11.5. The van der Waals surface area contributed by atoms with E-state index in [-0.39, 0.29) is 0 Å². The van der Waals surface area contributed by atoms with Crippen LogP contribution in [0, 0.1) is 6.92 Å². The first-order valence-electron chi connectivity index (χ1n) is 6.80. The Bertz CT molecular complexity index is 854. The maximum absolute atomic E-state index is 5.56. The standard InChI is InChI=1S/C17H13N3O/c1-12-15-16(13-8-4-2-5-9-13)19-21-17(15)20(18-12)14-10-6-3-7-11-14/h2-11H,1H3. The number of nitrogens with zero attached hydrogens (tertiary/aromatic N) is 3. The van der Waals surface area contributed by atoms with Crippen molar-refractivity contribution in [3.05, 3.63) is 66.4 Å². The fourth-order valence-corrected chi connectivity index (χ4v) is 2.53. The molecule has 2 aromatic heterocycles. The minimum atomic E-state index is 0.678. The molecule has 21 heavy (non-hydrogen) atoms. The van der Waals surface area contributed by atoms with Crippen molar-refractivity contribution in [1.82, 2.24) is 14.9 Å². The Morgan fingerprint density at radius 3 is 2.29 bits per heavy atom. The molecule has 0 fully saturated rings. The molecule has 0 aliphatic rings. The molecule has 0 aliphatic heterocycles. The molecule has 0 unspecified atom stereocenters. The van der Waals surface area contributed by atoms with E-state index in [0.29, 0.717) is 5.71 Å². The summed E-state index contributed by atoms with van der Waals surface area (Å²) in [5, 5.41) is 9.79. The number of rotatable bonds is 2. The van der Waals surface area contributed by atoms with Crippen LogP contribution in [-0.2, 0) is 0 Å².